The zero-order valence-corrected chi connectivity index (χ0v) is 15.4. The smallest absolute Gasteiger partial charge is 0.212 e. The SMILES string of the molecule is CN(Cc1csc(Br)c1)S(=O)(=O)Cc1cccc(CCl)c1. The molecule has 1 aromatic carbocycles. The molecule has 2 rings (SSSR count). The molecule has 7 heteroatoms. The van der Waals surface area contributed by atoms with Crippen molar-refractivity contribution in [2.75, 3.05) is 7.05 Å². The molecule has 0 amide bonds. The quantitative estimate of drug-likeness (QED) is 0.671. The molecule has 0 saturated carbocycles. The van der Waals surface area contributed by atoms with E-state index in [2.05, 4.69) is 15.9 Å². The standard InChI is InChI=1S/C14H15BrClNO2S2/c1-17(8-13-6-14(15)20-9-13)21(18,19)10-12-4-2-3-11(5-12)7-16/h2-6,9H,7-8,10H2,1H3. The fraction of sp³-hybridized carbons (Fsp3) is 0.286. The van der Waals surface area contributed by atoms with E-state index in [1.807, 2.05) is 35.7 Å². The van der Waals surface area contributed by atoms with Gasteiger partial charge in [0.2, 0.25) is 10.0 Å². The summed E-state index contributed by atoms with van der Waals surface area (Å²) in [5, 5.41) is 1.95. The van der Waals surface area contributed by atoms with Crippen molar-refractivity contribution in [2.24, 2.45) is 0 Å². The van der Waals surface area contributed by atoms with E-state index in [9.17, 15) is 8.42 Å². The van der Waals surface area contributed by atoms with Crippen molar-refractivity contribution in [1.29, 1.82) is 0 Å². The monoisotopic (exact) mass is 407 g/mol. The second kappa shape index (κ2) is 7.24. The molecule has 1 aromatic heterocycles. The van der Waals surface area contributed by atoms with Crippen LogP contribution in [-0.2, 0) is 28.2 Å². The maximum absolute atomic E-state index is 12.4. The van der Waals surface area contributed by atoms with Gasteiger partial charge in [-0.1, -0.05) is 24.3 Å². The largest absolute Gasteiger partial charge is 0.218 e. The average Bonchev–Trinajstić information content (AvgIpc) is 2.83. The third-order valence-electron chi connectivity index (χ3n) is 3.00. The van der Waals surface area contributed by atoms with Gasteiger partial charge in [-0.2, -0.15) is 0 Å². The molecule has 114 valence electrons. The highest BCUT2D eigenvalue weighted by Crippen LogP contribution is 2.22. The summed E-state index contributed by atoms with van der Waals surface area (Å²) in [4.78, 5) is 0. The Morgan fingerprint density at radius 3 is 2.57 bits per heavy atom. The van der Waals surface area contributed by atoms with Crippen LogP contribution in [0.2, 0.25) is 0 Å². The molecule has 0 saturated heterocycles. The van der Waals surface area contributed by atoms with Gasteiger partial charge in [0.05, 0.1) is 9.54 Å². The number of rotatable bonds is 6. The molecule has 0 fully saturated rings. The van der Waals surface area contributed by atoms with Crippen LogP contribution in [0.5, 0.6) is 0 Å². The fourth-order valence-corrected chi connectivity index (χ4v) is 4.44. The number of nitrogens with zero attached hydrogens (tertiary/aromatic N) is 1. The van der Waals surface area contributed by atoms with Crippen molar-refractivity contribution < 1.29 is 8.42 Å². The molecule has 0 N–H and O–H groups in total. The molecule has 0 atom stereocenters. The first-order valence-electron chi connectivity index (χ1n) is 6.21. The summed E-state index contributed by atoms with van der Waals surface area (Å²) < 4.78 is 27.2. The molecule has 1 heterocycles. The van der Waals surface area contributed by atoms with E-state index in [-0.39, 0.29) is 5.75 Å². The van der Waals surface area contributed by atoms with Crippen molar-refractivity contribution >= 4 is 48.9 Å². The van der Waals surface area contributed by atoms with E-state index in [0.717, 1.165) is 20.5 Å². The highest BCUT2D eigenvalue weighted by Gasteiger charge is 2.19. The van der Waals surface area contributed by atoms with E-state index < -0.39 is 10.0 Å². The summed E-state index contributed by atoms with van der Waals surface area (Å²) >= 11 is 10.7. The van der Waals surface area contributed by atoms with Crippen LogP contribution >= 0.6 is 38.9 Å². The predicted octanol–water partition coefficient (Wildman–Crippen LogP) is 4.21. The number of halogens is 2. The van der Waals surface area contributed by atoms with Crippen molar-refractivity contribution in [3.05, 3.63) is 56.2 Å². The summed E-state index contributed by atoms with van der Waals surface area (Å²) in [5.41, 5.74) is 2.66. The first-order valence-corrected chi connectivity index (χ1v) is 10.0. The normalized spacial score (nSPS) is 12.0. The zero-order chi connectivity index (χ0) is 15.5. The third-order valence-corrected chi connectivity index (χ3v) is 6.64. The molecule has 0 aliphatic heterocycles. The van der Waals surface area contributed by atoms with Gasteiger partial charge < -0.3 is 0 Å². The molecule has 2 aromatic rings. The first-order chi connectivity index (χ1) is 9.90. The number of benzene rings is 1. The van der Waals surface area contributed by atoms with Gasteiger partial charge in [-0.15, -0.1) is 22.9 Å². The lowest BCUT2D eigenvalue weighted by molar-refractivity contribution is 0.466. The maximum atomic E-state index is 12.4. The van der Waals surface area contributed by atoms with Gasteiger partial charge in [-0.25, -0.2) is 12.7 Å². The highest BCUT2D eigenvalue weighted by atomic mass is 79.9. The van der Waals surface area contributed by atoms with Gasteiger partial charge in [0.1, 0.15) is 0 Å². The van der Waals surface area contributed by atoms with E-state index in [4.69, 9.17) is 11.6 Å². The first kappa shape index (κ1) is 17.0. The summed E-state index contributed by atoms with van der Waals surface area (Å²) in [6.07, 6.45) is 0. The predicted molar refractivity (Wildman–Crippen MR) is 92.1 cm³/mol. The Kier molecular flexibility index (Phi) is 5.85. The van der Waals surface area contributed by atoms with Gasteiger partial charge in [0, 0.05) is 19.5 Å². The Bertz CT molecular complexity index is 715. The number of hydrogen-bond donors (Lipinski definition) is 0. The van der Waals surface area contributed by atoms with Gasteiger partial charge in [0.25, 0.3) is 0 Å². The topological polar surface area (TPSA) is 37.4 Å². The number of alkyl halides is 1. The summed E-state index contributed by atoms with van der Waals surface area (Å²) in [6, 6.07) is 9.29. The molecule has 0 aliphatic rings. The van der Waals surface area contributed by atoms with Crippen molar-refractivity contribution in [1.82, 2.24) is 4.31 Å². The minimum Gasteiger partial charge on any atom is -0.212 e. The van der Waals surface area contributed by atoms with Gasteiger partial charge in [-0.3, -0.25) is 0 Å². The van der Waals surface area contributed by atoms with Crippen LogP contribution in [0.4, 0.5) is 0 Å². The zero-order valence-electron chi connectivity index (χ0n) is 11.4. The maximum Gasteiger partial charge on any atom is 0.218 e. The van der Waals surface area contributed by atoms with Crippen LogP contribution in [0.25, 0.3) is 0 Å². The van der Waals surface area contributed by atoms with Crippen LogP contribution in [-0.4, -0.2) is 19.8 Å². The number of thiophene rings is 1. The Morgan fingerprint density at radius 1 is 1.24 bits per heavy atom. The minimum atomic E-state index is -3.35. The van der Waals surface area contributed by atoms with Crippen molar-refractivity contribution in [3.8, 4) is 0 Å². The van der Waals surface area contributed by atoms with Crippen LogP contribution < -0.4 is 0 Å². The molecule has 0 spiro atoms. The van der Waals surface area contributed by atoms with Crippen molar-refractivity contribution in [2.45, 2.75) is 18.2 Å². The van der Waals surface area contributed by atoms with Gasteiger partial charge >= 0.3 is 0 Å². The molecule has 3 nitrogen and oxygen atoms in total. The molecular weight excluding hydrogens is 394 g/mol. The summed E-state index contributed by atoms with van der Waals surface area (Å²) in [6.45, 7) is 0.375. The van der Waals surface area contributed by atoms with Gasteiger partial charge in [-0.05, 0) is 44.1 Å². The molecule has 0 unspecified atom stereocenters. The summed E-state index contributed by atoms with van der Waals surface area (Å²) in [5.74, 6) is 0.367. The number of sulfonamides is 1. The van der Waals surface area contributed by atoms with Crippen molar-refractivity contribution in [3.63, 3.8) is 0 Å². The third kappa shape index (κ3) is 4.79. The molecular formula is C14H15BrClNO2S2. The van der Waals surface area contributed by atoms with E-state index >= 15 is 0 Å². The summed E-state index contributed by atoms with van der Waals surface area (Å²) in [7, 11) is -1.74. The molecule has 0 bridgehead atoms. The molecule has 0 radical (unpaired) electrons. The average molecular weight is 409 g/mol. The lowest BCUT2D eigenvalue weighted by atomic mass is 10.2. The van der Waals surface area contributed by atoms with Crippen LogP contribution in [0, 0.1) is 0 Å². The van der Waals surface area contributed by atoms with E-state index in [1.165, 1.54) is 4.31 Å². The molecule has 0 aliphatic carbocycles. The Balaban J connectivity index is 2.09. The minimum absolute atomic E-state index is 0.0143. The Labute approximate surface area is 142 Å². The Morgan fingerprint density at radius 2 is 1.95 bits per heavy atom. The second-order valence-corrected chi connectivity index (χ2v) is 9.36. The fourth-order valence-electron chi connectivity index (χ4n) is 1.91. The lowest BCUT2D eigenvalue weighted by Gasteiger charge is -2.16. The van der Waals surface area contributed by atoms with Crippen LogP contribution in [0.15, 0.2) is 39.5 Å². The van der Waals surface area contributed by atoms with Gasteiger partial charge in [0.15, 0.2) is 0 Å². The highest BCUT2D eigenvalue weighted by molar-refractivity contribution is 9.11. The number of hydrogen-bond acceptors (Lipinski definition) is 3. The van der Waals surface area contributed by atoms with Crippen LogP contribution in [0.1, 0.15) is 16.7 Å². The van der Waals surface area contributed by atoms with E-state index in [1.54, 1.807) is 18.4 Å². The molecule has 21 heavy (non-hydrogen) atoms. The van der Waals surface area contributed by atoms with E-state index in [0.29, 0.717) is 12.4 Å². The lowest BCUT2D eigenvalue weighted by Crippen LogP contribution is -2.27. The second-order valence-electron chi connectivity index (χ2n) is 4.72. The Hall–Kier alpha value is -0.400. The van der Waals surface area contributed by atoms with Crippen LogP contribution in [0.3, 0.4) is 0 Å².